The predicted octanol–water partition coefficient (Wildman–Crippen LogP) is 3.10. The first-order chi connectivity index (χ1) is 13.4. The average Bonchev–Trinajstić information content (AvgIpc) is 3.01. The number of nitrogens with zero attached hydrogens (tertiary/aromatic N) is 1. The van der Waals surface area contributed by atoms with Crippen molar-refractivity contribution in [3.8, 4) is 11.5 Å². The number of aliphatic carboxylic acids is 1. The maximum atomic E-state index is 12.3. The summed E-state index contributed by atoms with van der Waals surface area (Å²) in [6.45, 7) is -3.43. The second-order valence-corrected chi connectivity index (χ2v) is 5.49. The first-order valence-electron chi connectivity index (χ1n) is 7.93. The van der Waals surface area contributed by atoms with Crippen LogP contribution in [0.15, 0.2) is 59.2 Å². The summed E-state index contributed by atoms with van der Waals surface area (Å²) in [4.78, 5) is 26.6. The van der Waals surface area contributed by atoms with Gasteiger partial charge in [0.2, 0.25) is 5.90 Å². The van der Waals surface area contributed by atoms with Gasteiger partial charge in [-0.1, -0.05) is 18.2 Å². The minimum Gasteiger partial charge on any atom is -0.482 e. The molecule has 0 saturated heterocycles. The fourth-order valence-corrected chi connectivity index (χ4v) is 2.30. The monoisotopic (exact) mass is 389 g/mol. The summed E-state index contributed by atoms with van der Waals surface area (Å²) in [5.74, 6) is -1.54. The number of carbonyl (C=O) groups excluding carboxylic acids is 1. The molecule has 1 aliphatic heterocycles. The van der Waals surface area contributed by atoms with E-state index >= 15 is 0 Å². The van der Waals surface area contributed by atoms with Crippen LogP contribution in [0.3, 0.4) is 0 Å². The van der Waals surface area contributed by atoms with E-state index in [4.69, 9.17) is 14.6 Å². The maximum absolute atomic E-state index is 12.3. The van der Waals surface area contributed by atoms with Crippen molar-refractivity contribution in [3.05, 3.63) is 65.4 Å². The van der Waals surface area contributed by atoms with Crippen molar-refractivity contribution in [1.82, 2.24) is 0 Å². The molecular weight excluding hydrogens is 376 g/mol. The minimum absolute atomic E-state index is 0.0226. The Kier molecular flexibility index (Phi) is 5.64. The summed E-state index contributed by atoms with van der Waals surface area (Å²) in [6, 6.07) is 12.0. The van der Waals surface area contributed by atoms with Gasteiger partial charge >= 0.3 is 18.6 Å². The molecule has 1 N–H and O–H groups in total. The number of hydrogen-bond acceptors (Lipinski definition) is 6. The lowest BCUT2D eigenvalue weighted by molar-refractivity contribution is -0.139. The number of aliphatic imine (C=N–C) groups is 1. The van der Waals surface area contributed by atoms with Crippen LogP contribution in [0, 0.1) is 0 Å². The molecule has 0 amide bonds. The topological polar surface area (TPSA) is 94.4 Å². The highest BCUT2D eigenvalue weighted by Crippen LogP contribution is 2.23. The highest BCUT2D eigenvalue weighted by atomic mass is 19.3. The van der Waals surface area contributed by atoms with Crippen LogP contribution in [0.4, 0.5) is 8.78 Å². The number of benzene rings is 2. The quantitative estimate of drug-likeness (QED) is 0.578. The van der Waals surface area contributed by atoms with Crippen molar-refractivity contribution in [2.75, 3.05) is 6.61 Å². The Morgan fingerprint density at radius 3 is 2.61 bits per heavy atom. The zero-order chi connectivity index (χ0) is 20.1. The van der Waals surface area contributed by atoms with Crippen LogP contribution in [-0.4, -0.2) is 36.2 Å². The van der Waals surface area contributed by atoms with Crippen LogP contribution >= 0.6 is 0 Å². The molecule has 144 valence electrons. The van der Waals surface area contributed by atoms with Crippen molar-refractivity contribution in [1.29, 1.82) is 0 Å². The molecule has 1 aliphatic rings. The summed E-state index contributed by atoms with van der Waals surface area (Å²) in [5, 5.41) is 8.58. The number of rotatable bonds is 7. The van der Waals surface area contributed by atoms with E-state index < -0.39 is 25.2 Å². The van der Waals surface area contributed by atoms with Crippen LogP contribution in [0.1, 0.15) is 11.1 Å². The summed E-state index contributed by atoms with van der Waals surface area (Å²) in [5.41, 5.74) is 0.941. The number of carboxylic acid groups (broad SMARTS) is 1. The number of ether oxygens (including phenoxy) is 3. The fraction of sp³-hybridized carbons (Fsp3) is 0.105. The number of alkyl halides is 2. The van der Waals surface area contributed by atoms with E-state index in [0.29, 0.717) is 16.9 Å². The van der Waals surface area contributed by atoms with Gasteiger partial charge in [-0.3, -0.25) is 0 Å². The number of esters is 1. The summed E-state index contributed by atoms with van der Waals surface area (Å²) in [7, 11) is 0. The number of carboxylic acids is 1. The Labute approximate surface area is 157 Å². The number of halogens is 2. The minimum atomic E-state index is -2.97. The summed E-state index contributed by atoms with van der Waals surface area (Å²) in [6.07, 6.45) is 1.47. The van der Waals surface area contributed by atoms with Crippen LogP contribution in [0.2, 0.25) is 0 Å². The molecule has 2 aromatic rings. The van der Waals surface area contributed by atoms with Gasteiger partial charge in [-0.05, 0) is 42.0 Å². The Bertz CT molecular complexity index is 953. The molecule has 0 unspecified atom stereocenters. The Balaban J connectivity index is 1.77. The van der Waals surface area contributed by atoms with Crippen molar-refractivity contribution in [3.63, 3.8) is 0 Å². The van der Waals surface area contributed by atoms with E-state index in [-0.39, 0.29) is 17.3 Å². The number of carbonyl (C=O) groups is 2. The lowest BCUT2D eigenvalue weighted by Gasteiger charge is -2.05. The van der Waals surface area contributed by atoms with E-state index in [1.807, 2.05) is 0 Å². The Morgan fingerprint density at radius 2 is 1.93 bits per heavy atom. The van der Waals surface area contributed by atoms with E-state index in [0.717, 1.165) is 0 Å². The lowest BCUT2D eigenvalue weighted by atomic mass is 10.2. The lowest BCUT2D eigenvalue weighted by Crippen LogP contribution is -2.09. The van der Waals surface area contributed by atoms with E-state index in [9.17, 15) is 18.4 Å². The fourth-order valence-electron chi connectivity index (χ4n) is 2.30. The molecular formula is C19H13F2NO6. The van der Waals surface area contributed by atoms with Crippen molar-refractivity contribution in [2.45, 2.75) is 6.61 Å². The normalized spacial score (nSPS) is 14.8. The highest BCUT2D eigenvalue weighted by molar-refractivity contribution is 6.12. The highest BCUT2D eigenvalue weighted by Gasteiger charge is 2.24. The van der Waals surface area contributed by atoms with E-state index in [2.05, 4.69) is 9.73 Å². The third kappa shape index (κ3) is 4.91. The molecule has 2 aromatic carbocycles. The van der Waals surface area contributed by atoms with Crippen molar-refractivity contribution in [2.24, 2.45) is 4.99 Å². The van der Waals surface area contributed by atoms with Crippen molar-refractivity contribution >= 4 is 23.9 Å². The van der Waals surface area contributed by atoms with Gasteiger partial charge in [0.1, 0.15) is 11.5 Å². The molecule has 0 fully saturated rings. The first-order valence-corrected chi connectivity index (χ1v) is 7.93. The second-order valence-electron chi connectivity index (χ2n) is 5.49. The van der Waals surface area contributed by atoms with E-state index in [1.54, 1.807) is 30.3 Å². The van der Waals surface area contributed by atoms with Crippen LogP contribution < -0.4 is 9.47 Å². The predicted molar refractivity (Wildman–Crippen MR) is 93.3 cm³/mol. The van der Waals surface area contributed by atoms with Gasteiger partial charge in [-0.2, -0.15) is 8.78 Å². The smallest absolute Gasteiger partial charge is 0.387 e. The third-order valence-electron chi connectivity index (χ3n) is 3.47. The molecule has 7 nitrogen and oxygen atoms in total. The summed E-state index contributed by atoms with van der Waals surface area (Å²) < 4.78 is 39.1. The van der Waals surface area contributed by atoms with Crippen LogP contribution in [-0.2, 0) is 14.3 Å². The van der Waals surface area contributed by atoms with Gasteiger partial charge in [-0.25, -0.2) is 14.6 Å². The third-order valence-corrected chi connectivity index (χ3v) is 3.47. The largest absolute Gasteiger partial charge is 0.482 e. The van der Waals surface area contributed by atoms with Gasteiger partial charge in [0.15, 0.2) is 12.3 Å². The van der Waals surface area contributed by atoms with Gasteiger partial charge in [-0.15, -0.1) is 0 Å². The molecule has 0 spiro atoms. The second kappa shape index (κ2) is 8.30. The molecule has 0 saturated carbocycles. The van der Waals surface area contributed by atoms with Crippen molar-refractivity contribution < 1.29 is 37.7 Å². The average molecular weight is 389 g/mol. The van der Waals surface area contributed by atoms with Gasteiger partial charge in [0.05, 0.1) is 0 Å². The molecule has 0 aliphatic carbocycles. The number of hydrogen-bond donors (Lipinski definition) is 1. The Hall–Kier alpha value is -3.75. The maximum Gasteiger partial charge on any atom is 0.387 e. The molecule has 1 heterocycles. The van der Waals surface area contributed by atoms with Gasteiger partial charge < -0.3 is 19.3 Å². The molecule has 9 heteroatoms. The van der Waals surface area contributed by atoms with Crippen LogP contribution in [0.5, 0.6) is 11.5 Å². The zero-order valence-corrected chi connectivity index (χ0v) is 14.2. The number of cyclic esters (lactones) is 1. The standard InChI is InChI=1S/C19H13F2NO6/c20-19(21)27-14-3-1-2-12(9-14)17-22-15(18(25)28-17)8-11-4-6-13(7-5-11)26-10-16(23)24/h1-9,19H,10H2,(H,23,24)/b15-8+. The molecule has 0 radical (unpaired) electrons. The van der Waals surface area contributed by atoms with E-state index in [1.165, 1.54) is 24.3 Å². The molecule has 3 rings (SSSR count). The molecule has 0 bridgehead atoms. The molecule has 0 aromatic heterocycles. The zero-order valence-electron chi connectivity index (χ0n) is 14.2. The molecule has 0 atom stereocenters. The Morgan fingerprint density at radius 1 is 1.18 bits per heavy atom. The SMILES string of the molecule is O=C(O)COc1ccc(/C=C2/N=C(c3cccc(OC(F)F)c3)OC2=O)cc1. The summed E-state index contributed by atoms with van der Waals surface area (Å²) >= 11 is 0. The van der Waals surface area contributed by atoms with Gasteiger partial charge in [0.25, 0.3) is 0 Å². The van der Waals surface area contributed by atoms with Crippen LogP contribution in [0.25, 0.3) is 6.08 Å². The van der Waals surface area contributed by atoms with Gasteiger partial charge in [0, 0.05) is 5.56 Å². The molecule has 28 heavy (non-hydrogen) atoms. The first kappa shape index (κ1) is 19.0.